The van der Waals surface area contributed by atoms with Crippen LogP contribution in [0.5, 0.6) is 11.5 Å². The van der Waals surface area contributed by atoms with E-state index in [1.165, 1.54) is 0 Å². The molecule has 7 nitrogen and oxygen atoms in total. The lowest BCUT2D eigenvalue weighted by molar-refractivity contribution is -0.117. The minimum Gasteiger partial charge on any atom is -0.486 e. The lowest BCUT2D eigenvalue weighted by Gasteiger charge is -2.19. The molecule has 8 heteroatoms. The number of nitrogens with zero attached hydrogens (tertiary/aromatic N) is 1. The van der Waals surface area contributed by atoms with E-state index in [1.807, 2.05) is 0 Å². The number of urea groups is 1. The number of rotatable bonds is 3. The average molecular weight is 388 g/mol. The first-order valence-corrected chi connectivity index (χ1v) is 8.99. The molecule has 0 radical (unpaired) electrons. The molecule has 1 saturated heterocycles. The number of halogens is 1. The third-order valence-electron chi connectivity index (χ3n) is 4.40. The second-order valence-electron chi connectivity index (χ2n) is 6.34. The van der Waals surface area contributed by atoms with Gasteiger partial charge in [0.25, 0.3) is 0 Å². The largest absolute Gasteiger partial charge is 0.486 e. The summed E-state index contributed by atoms with van der Waals surface area (Å²) in [5, 5.41) is 6.21. The van der Waals surface area contributed by atoms with Crippen LogP contribution in [0.4, 0.5) is 16.2 Å². The van der Waals surface area contributed by atoms with Gasteiger partial charge < -0.3 is 25.0 Å². The van der Waals surface area contributed by atoms with Crippen LogP contribution in [-0.4, -0.2) is 37.7 Å². The van der Waals surface area contributed by atoms with Crippen LogP contribution >= 0.6 is 11.6 Å². The summed E-state index contributed by atoms with van der Waals surface area (Å²) in [7, 11) is 0. The van der Waals surface area contributed by atoms with E-state index in [-0.39, 0.29) is 24.4 Å². The Bertz CT molecular complexity index is 872. The van der Waals surface area contributed by atoms with Crippen molar-refractivity contribution in [3.8, 4) is 11.5 Å². The summed E-state index contributed by atoms with van der Waals surface area (Å²) < 4.78 is 11.0. The SMILES string of the molecule is O=C(Nc1ccc2c(c1)OCCO2)N[C@@H]1CC(=O)N(c2ccc(Cl)cc2)C1. The molecule has 3 amide bonds. The number of hydrogen-bond donors (Lipinski definition) is 2. The van der Waals surface area contributed by atoms with Crippen LogP contribution in [0.1, 0.15) is 6.42 Å². The molecule has 0 saturated carbocycles. The van der Waals surface area contributed by atoms with Gasteiger partial charge in [-0.25, -0.2) is 4.79 Å². The Labute approximate surface area is 161 Å². The van der Waals surface area contributed by atoms with Gasteiger partial charge in [-0.1, -0.05) is 11.6 Å². The van der Waals surface area contributed by atoms with Crippen molar-refractivity contribution in [2.75, 3.05) is 30.0 Å². The normalized spacial score (nSPS) is 18.3. The van der Waals surface area contributed by atoms with Crippen molar-refractivity contribution >= 4 is 34.9 Å². The summed E-state index contributed by atoms with van der Waals surface area (Å²) in [4.78, 5) is 26.2. The molecule has 4 rings (SSSR count). The van der Waals surface area contributed by atoms with Gasteiger partial charge in [0, 0.05) is 35.4 Å². The van der Waals surface area contributed by atoms with Crippen LogP contribution in [0.2, 0.25) is 5.02 Å². The minimum atomic E-state index is -0.373. The Kier molecular flexibility index (Phi) is 4.77. The standard InChI is InChI=1S/C19H18ClN3O4/c20-12-1-4-15(5-2-12)23-11-14(10-18(23)24)22-19(25)21-13-3-6-16-17(9-13)27-8-7-26-16/h1-6,9,14H,7-8,10-11H2,(H2,21,22,25)/t14-/m1/s1. The number of ether oxygens (including phenoxy) is 2. The zero-order valence-electron chi connectivity index (χ0n) is 14.4. The fourth-order valence-electron chi connectivity index (χ4n) is 3.15. The van der Waals surface area contributed by atoms with Gasteiger partial charge in [-0.05, 0) is 36.4 Å². The molecule has 1 fully saturated rings. The van der Waals surface area contributed by atoms with Crippen LogP contribution in [0.25, 0.3) is 0 Å². The number of carbonyl (C=O) groups excluding carboxylic acids is 2. The molecular weight excluding hydrogens is 370 g/mol. The topological polar surface area (TPSA) is 79.9 Å². The van der Waals surface area contributed by atoms with Crippen LogP contribution in [-0.2, 0) is 4.79 Å². The number of fused-ring (bicyclic) bond motifs is 1. The average Bonchev–Trinajstić information content (AvgIpc) is 3.02. The predicted octanol–water partition coefficient (Wildman–Crippen LogP) is 3.04. The highest BCUT2D eigenvalue weighted by Crippen LogP contribution is 2.32. The van der Waals surface area contributed by atoms with Crippen molar-refractivity contribution in [3.63, 3.8) is 0 Å². The lowest BCUT2D eigenvalue weighted by atomic mass is 10.2. The number of amides is 3. The fraction of sp³-hybridized carbons (Fsp3) is 0.263. The molecule has 2 aliphatic heterocycles. The van der Waals surface area contributed by atoms with E-state index in [0.717, 1.165) is 5.69 Å². The molecule has 140 valence electrons. The van der Waals surface area contributed by atoms with E-state index < -0.39 is 0 Å². The Hall–Kier alpha value is -2.93. The lowest BCUT2D eigenvalue weighted by Crippen LogP contribution is -2.39. The first kappa shape index (κ1) is 17.5. The van der Waals surface area contributed by atoms with Gasteiger partial charge in [0.1, 0.15) is 13.2 Å². The number of carbonyl (C=O) groups is 2. The molecule has 1 atom stereocenters. The van der Waals surface area contributed by atoms with Crippen molar-refractivity contribution < 1.29 is 19.1 Å². The third-order valence-corrected chi connectivity index (χ3v) is 4.65. The molecule has 0 aliphatic carbocycles. The van der Waals surface area contributed by atoms with Crippen molar-refractivity contribution in [2.24, 2.45) is 0 Å². The van der Waals surface area contributed by atoms with E-state index >= 15 is 0 Å². The van der Waals surface area contributed by atoms with Crippen molar-refractivity contribution in [1.29, 1.82) is 0 Å². The first-order chi connectivity index (χ1) is 13.1. The van der Waals surface area contributed by atoms with Gasteiger partial charge in [-0.2, -0.15) is 0 Å². The van der Waals surface area contributed by atoms with Crippen LogP contribution in [0, 0.1) is 0 Å². The van der Waals surface area contributed by atoms with E-state index in [1.54, 1.807) is 47.4 Å². The molecular formula is C19H18ClN3O4. The minimum absolute atomic E-state index is 0.0399. The maximum atomic E-state index is 12.3. The van der Waals surface area contributed by atoms with Gasteiger partial charge in [-0.15, -0.1) is 0 Å². The molecule has 2 aromatic carbocycles. The molecule has 0 aromatic heterocycles. The zero-order chi connectivity index (χ0) is 18.8. The Morgan fingerprint density at radius 3 is 2.59 bits per heavy atom. The summed E-state index contributed by atoms with van der Waals surface area (Å²) in [5.74, 6) is 1.22. The summed E-state index contributed by atoms with van der Waals surface area (Å²) in [6.07, 6.45) is 0.247. The quantitative estimate of drug-likeness (QED) is 0.848. The molecule has 2 aromatic rings. The molecule has 0 bridgehead atoms. The Morgan fingerprint density at radius 1 is 1.07 bits per heavy atom. The van der Waals surface area contributed by atoms with Crippen molar-refractivity contribution in [3.05, 3.63) is 47.5 Å². The zero-order valence-corrected chi connectivity index (χ0v) is 15.2. The highest BCUT2D eigenvalue weighted by atomic mass is 35.5. The van der Waals surface area contributed by atoms with Gasteiger partial charge >= 0.3 is 6.03 Å². The predicted molar refractivity (Wildman–Crippen MR) is 102 cm³/mol. The van der Waals surface area contributed by atoms with Crippen LogP contribution < -0.4 is 25.0 Å². The van der Waals surface area contributed by atoms with E-state index in [2.05, 4.69) is 10.6 Å². The maximum Gasteiger partial charge on any atom is 0.319 e. The summed E-state index contributed by atoms with van der Waals surface area (Å²) >= 11 is 5.89. The number of hydrogen-bond acceptors (Lipinski definition) is 4. The number of anilines is 2. The summed E-state index contributed by atoms with van der Waals surface area (Å²) in [5.41, 5.74) is 1.36. The highest BCUT2D eigenvalue weighted by Gasteiger charge is 2.31. The van der Waals surface area contributed by atoms with E-state index in [9.17, 15) is 9.59 Å². The highest BCUT2D eigenvalue weighted by molar-refractivity contribution is 6.30. The fourth-order valence-corrected chi connectivity index (χ4v) is 3.27. The molecule has 2 aliphatic rings. The Balaban J connectivity index is 1.36. The van der Waals surface area contributed by atoms with Crippen molar-refractivity contribution in [1.82, 2.24) is 5.32 Å². The van der Waals surface area contributed by atoms with Crippen LogP contribution in [0.15, 0.2) is 42.5 Å². The molecule has 2 heterocycles. The molecule has 2 N–H and O–H groups in total. The van der Waals surface area contributed by atoms with Gasteiger partial charge in [0.2, 0.25) is 5.91 Å². The first-order valence-electron chi connectivity index (χ1n) is 8.61. The number of nitrogens with one attached hydrogen (secondary N) is 2. The number of benzene rings is 2. The molecule has 0 spiro atoms. The summed E-state index contributed by atoms with van der Waals surface area (Å²) in [6.45, 7) is 1.41. The maximum absolute atomic E-state index is 12.3. The monoisotopic (exact) mass is 387 g/mol. The van der Waals surface area contributed by atoms with E-state index in [4.69, 9.17) is 21.1 Å². The molecule has 27 heavy (non-hydrogen) atoms. The third kappa shape index (κ3) is 3.93. The van der Waals surface area contributed by atoms with Gasteiger partial charge in [-0.3, -0.25) is 4.79 Å². The van der Waals surface area contributed by atoms with Crippen molar-refractivity contribution in [2.45, 2.75) is 12.5 Å². The molecule has 0 unspecified atom stereocenters. The Morgan fingerprint density at radius 2 is 1.81 bits per heavy atom. The second-order valence-corrected chi connectivity index (χ2v) is 6.78. The van der Waals surface area contributed by atoms with Gasteiger partial charge in [0.15, 0.2) is 11.5 Å². The summed E-state index contributed by atoms with van der Waals surface area (Å²) in [6, 6.07) is 11.6. The smallest absolute Gasteiger partial charge is 0.319 e. The van der Waals surface area contributed by atoms with E-state index in [0.29, 0.717) is 42.0 Å². The van der Waals surface area contributed by atoms with Gasteiger partial charge in [0.05, 0.1) is 6.04 Å². The van der Waals surface area contributed by atoms with Crippen LogP contribution in [0.3, 0.4) is 0 Å². The second kappa shape index (κ2) is 7.36.